The summed E-state index contributed by atoms with van der Waals surface area (Å²) < 4.78 is 4.34. The molecule has 0 bridgehead atoms. The van der Waals surface area contributed by atoms with Crippen LogP contribution in [0.1, 0.15) is 37.4 Å². The molecule has 0 aliphatic heterocycles. The second kappa shape index (κ2) is 6.06. The second-order valence-corrected chi connectivity index (χ2v) is 5.09. The van der Waals surface area contributed by atoms with E-state index in [1.807, 2.05) is 6.92 Å². The highest BCUT2D eigenvalue weighted by molar-refractivity contribution is 5.14. The first-order valence-corrected chi connectivity index (χ1v) is 7.07. The Balaban J connectivity index is 2.17. The highest BCUT2D eigenvalue weighted by Crippen LogP contribution is 2.12. The fraction of sp³-hybridized carbons (Fsp3) is 0.533. The minimum absolute atomic E-state index is 0.242. The van der Waals surface area contributed by atoms with Gasteiger partial charge in [0.2, 0.25) is 0 Å². The standard InChI is InChI=1S/C15H24N4/c1-4-13(16)10-14-7-6-8-18(14)11-15-9-12(3)17-19(15)5-2/h6-9,13H,4-5,10-11,16H2,1-3H3. The first-order chi connectivity index (χ1) is 9.13. The predicted molar refractivity (Wildman–Crippen MR) is 78.1 cm³/mol. The zero-order valence-corrected chi connectivity index (χ0v) is 12.1. The molecule has 0 aliphatic rings. The van der Waals surface area contributed by atoms with E-state index < -0.39 is 0 Å². The summed E-state index contributed by atoms with van der Waals surface area (Å²) in [4.78, 5) is 0. The van der Waals surface area contributed by atoms with E-state index in [2.05, 4.69) is 52.6 Å². The number of hydrogen-bond acceptors (Lipinski definition) is 2. The van der Waals surface area contributed by atoms with E-state index in [1.165, 1.54) is 11.4 Å². The van der Waals surface area contributed by atoms with Gasteiger partial charge in [0.1, 0.15) is 0 Å². The van der Waals surface area contributed by atoms with Crippen molar-refractivity contribution in [2.75, 3.05) is 0 Å². The van der Waals surface area contributed by atoms with Gasteiger partial charge in [-0.3, -0.25) is 4.68 Å². The fourth-order valence-electron chi connectivity index (χ4n) is 2.38. The van der Waals surface area contributed by atoms with Crippen LogP contribution in [0, 0.1) is 6.92 Å². The predicted octanol–water partition coefficient (Wildman–Crippen LogP) is 2.34. The summed E-state index contributed by atoms with van der Waals surface area (Å²) in [7, 11) is 0. The highest BCUT2D eigenvalue weighted by Gasteiger charge is 2.09. The van der Waals surface area contributed by atoms with Gasteiger partial charge in [-0.15, -0.1) is 0 Å². The molecule has 0 spiro atoms. The van der Waals surface area contributed by atoms with E-state index in [1.54, 1.807) is 0 Å². The van der Waals surface area contributed by atoms with E-state index in [-0.39, 0.29) is 6.04 Å². The van der Waals surface area contributed by atoms with Crippen LogP contribution in [0.2, 0.25) is 0 Å². The smallest absolute Gasteiger partial charge is 0.0642 e. The Morgan fingerprint density at radius 2 is 2.11 bits per heavy atom. The third kappa shape index (κ3) is 3.26. The van der Waals surface area contributed by atoms with Gasteiger partial charge in [-0.05, 0) is 38.5 Å². The van der Waals surface area contributed by atoms with E-state index in [0.29, 0.717) is 0 Å². The Morgan fingerprint density at radius 3 is 2.79 bits per heavy atom. The molecular weight excluding hydrogens is 236 g/mol. The maximum atomic E-state index is 6.06. The zero-order chi connectivity index (χ0) is 13.8. The van der Waals surface area contributed by atoms with Gasteiger partial charge < -0.3 is 10.3 Å². The summed E-state index contributed by atoms with van der Waals surface area (Å²) in [6.07, 6.45) is 4.07. The zero-order valence-electron chi connectivity index (χ0n) is 12.1. The van der Waals surface area contributed by atoms with Gasteiger partial charge in [-0.1, -0.05) is 6.92 Å². The largest absolute Gasteiger partial charge is 0.345 e. The van der Waals surface area contributed by atoms with Crippen molar-refractivity contribution in [3.63, 3.8) is 0 Å². The Hall–Kier alpha value is -1.55. The molecule has 2 N–H and O–H groups in total. The number of aromatic nitrogens is 3. The lowest BCUT2D eigenvalue weighted by Crippen LogP contribution is -2.23. The molecule has 0 aromatic carbocycles. The van der Waals surface area contributed by atoms with Crippen LogP contribution in [-0.4, -0.2) is 20.4 Å². The lowest BCUT2D eigenvalue weighted by molar-refractivity contribution is 0.574. The van der Waals surface area contributed by atoms with Crippen LogP contribution in [0.15, 0.2) is 24.4 Å². The van der Waals surface area contributed by atoms with Crippen molar-refractivity contribution in [1.82, 2.24) is 14.3 Å². The van der Waals surface area contributed by atoms with E-state index in [4.69, 9.17) is 5.73 Å². The van der Waals surface area contributed by atoms with Crippen LogP contribution in [0.4, 0.5) is 0 Å². The molecule has 2 aromatic rings. The molecule has 0 saturated heterocycles. The van der Waals surface area contributed by atoms with Gasteiger partial charge in [0, 0.05) is 30.9 Å². The van der Waals surface area contributed by atoms with E-state index in [0.717, 1.165) is 31.6 Å². The molecule has 2 heterocycles. The Morgan fingerprint density at radius 1 is 1.32 bits per heavy atom. The molecule has 1 unspecified atom stereocenters. The SMILES string of the molecule is CCC(N)Cc1cccn1Cc1cc(C)nn1CC. The number of aryl methyl sites for hydroxylation is 2. The van der Waals surface area contributed by atoms with Crippen molar-refractivity contribution in [3.05, 3.63) is 41.5 Å². The molecule has 0 radical (unpaired) electrons. The number of nitrogens with two attached hydrogens (primary N) is 1. The third-order valence-corrected chi connectivity index (χ3v) is 3.54. The van der Waals surface area contributed by atoms with Crippen LogP contribution >= 0.6 is 0 Å². The molecule has 2 aromatic heterocycles. The minimum Gasteiger partial charge on any atom is -0.345 e. The summed E-state index contributed by atoms with van der Waals surface area (Å²) in [6, 6.07) is 6.66. The van der Waals surface area contributed by atoms with Crippen molar-refractivity contribution < 1.29 is 0 Å². The first-order valence-electron chi connectivity index (χ1n) is 7.07. The molecule has 104 valence electrons. The van der Waals surface area contributed by atoms with Crippen molar-refractivity contribution in [2.24, 2.45) is 5.73 Å². The molecule has 0 aliphatic carbocycles. The first kappa shape index (κ1) is 13.9. The topological polar surface area (TPSA) is 48.8 Å². The van der Waals surface area contributed by atoms with Gasteiger partial charge in [0.15, 0.2) is 0 Å². The number of nitrogens with zero attached hydrogens (tertiary/aromatic N) is 3. The average Bonchev–Trinajstić information content (AvgIpc) is 2.97. The molecule has 0 amide bonds. The molecule has 4 nitrogen and oxygen atoms in total. The molecule has 2 rings (SSSR count). The van der Waals surface area contributed by atoms with Gasteiger partial charge in [-0.25, -0.2) is 0 Å². The summed E-state index contributed by atoms with van der Waals surface area (Å²) >= 11 is 0. The van der Waals surface area contributed by atoms with Crippen LogP contribution in [0.3, 0.4) is 0 Å². The normalized spacial score (nSPS) is 12.8. The maximum absolute atomic E-state index is 6.06. The summed E-state index contributed by atoms with van der Waals surface area (Å²) in [5.41, 5.74) is 9.69. The Bertz CT molecular complexity index is 524. The molecule has 0 fully saturated rings. The van der Waals surface area contributed by atoms with Gasteiger partial charge in [0.25, 0.3) is 0 Å². The Kier molecular flexibility index (Phi) is 4.43. The quantitative estimate of drug-likeness (QED) is 0.866. The molecule has 4 heteroatoms. The summed E-state index contributed by atoms with van der Waals surface area (Å²) in [6.45, 7) is 8.08. The van der Waals surface area contributed by atoms with Crippen molar-refractivity contribution in [1.29, 1.82) is 0 Å². The van der Waals surface area contributed by atoms with E-state index in [9.17, 15) is 0 Å². The third-order valence-electron chi connectivity index (χ3n) is 3.54. The molecular formula is C15H24N4. The number of rotatable bonds is 6. The van der Waals surface area contributed by atoms with Crippen molar-refractivity contribution in [3.8, 4) is 0 Å². The second-order valence-electron chi connectivity index (χ2n) is 5.09. The summed E-state index contributed by atoms with van der Waals surface area (Å²) in [5, 5.41) is 4.50. The van der Waals surface area contributed by atoms with Crippen LogP contribution in [0.5, 0.6) is 0 Å². The molecule has 1 atom stereocenters. The van der Waals surface area contributed by atoms with Crippen molar-refractivity contribution in [2.45, 2.75) is 52.7 Å². The van der Waals surface area contributed by atoms with Gasteiger partial charge >= 0.3 is 0 Å². The van der Waals surface area contributed by atoms with E-state index >= 15 is 0 Å². The van der Waals surface area contributed by atoms with Crippen molar-refractivity contribution >= 4 is 0 Å². The lowest BCUT2D eigenvalue weighted by Gasteiger charge is -2.13. The fourth-order valence-corrected chi connectivity index (χ4v) is 2.38. The maximum Gasteiger partial charge on any atom is 0.0642 e. The van der Waals surface area contributed by atoms with Gasteiger partial charge in [-0.2, -0.15) is 5.10 Å². The van der Waals surface area contributed by atoms with Crippen LogP contribution in [0.25, 0.3) is 0 Å². The van der Waals surface area contributed by atoms with Crippen LogP contribution < -0.4 is 5.73 Å². The minimum atomic E-state index is 0.242. The Labute approximate surface area is 115 Å². The summed E-state index contributed by atoms with van der Waals surface area (Å²) in [5.74, 6) is 0. The lowest BCUT2D eigenvalue weighted by atomic mass is 10.1. The highest BCUT2D eigenvalue weighted by atomic mass is 15.3. The van der Waals surface area contributed by atoms with Gasteiger partial charge in [0.05, 0.1) is 17.9 Å². The average molecular weight is 260 g/mol. The molecule has 19 heavy (non-hydrogen) atoms. The number of hydrogen-bond donors (Lipinski definition) is 1. The molecule has 0 saturated carbocycles. The monoisotopic (exact) mass is 260 g/mol. The van der Waals surface area contributed by atoms with Crippen LogP contribution in [-0.2, 0) is 19.5 Å².